The van der Waals surface area contributed by atoms with E-state index in [1.807, 2.05) is 25.1 Å². The lowest BCUT2D eigenvalue weighted by molar-refractivity contribution is 0.103. The van der Waals surface area contributed by atoms with Crippen molar-refractivity contribution in [1.82, 2.24) is 0 Å². The molecule has 0 saturated carbocycles. The van der Waals surface area contributed by atoms with E-state index in [1.165, 1.54) is 0 Å². The van der Waals surface area contributed by atoms with E-state index in [4.69, 9.17) is 16.3 Å². The zero-order valence-electron chi connectivity index (χ0n) is 10.5. The molecule has 19 heavy (non-hydrogen) atoms. The van der Waals surface area contributed by atoms with Crippen LogP contribution < -0.4 is 4.74 Å². The van der Waals surface area contributed by atoms with Crippen molar-refractivity contribution in [3.05, 3.63) is 61.7 Å². The highest BCUT2D eigenvalue weighted by Gasteiger charge is 2.18. The van der Waals surface area contributed by atoms with Crippen LogP contribution in [0.25, 0.3) is 0 Å². The number of methoxy groups -OCH3 is 1. The molecule has 0 fully saturated rings. The molecule has 2 aromatic rings. The van der Waals surface area contributed by atoms with Gasteiger partial charge in [0.15, 0.2) is 5.78 Å². The van der Waals surface area contributed by atoms with Crippen molar-refractivity contribution in [1.29, 1.82) is 0 Å². The van der Waals surface area contributed by atoms with Crippen LogP contribution in [0.5, 0.6) is 5.75 Å². The van der Waals surface area contributed by atoms with E-state index in [0.29, 0.717) is 21.9 Å². The summed E-state index contributed by atoms with van der Waals surface area (Å²) in [6.07, 6.45) is 0. The SMILES string of the molecule is COc1ccc(I)cc1C(=O)c1cccc(C)c1Cl. The summed E-state index contributed by atoms with van der Waals surface area (Å²) in [5, 5.41) is 0.494. The summed E-state index contributed by atoms with van der Waals surface area (Å²) < 4.78 is 6.22. The smallest absolute Gasteiger partial charge is 0.198 e. The maximum atomic E-state index is 12.6. The molecule has 98 valence electrons. The van der Waals surface area contributed by atoms with Gasteiger partial charge in [0.1, 0.15) is 5.75 Å². The van der Waals surface area contributed by atoms with Gasteiger partial charge >= 0.3 is 0 Å². The number of aryl methyl sites for hydroxylation is 1. The fourth-order valence-corrected chi connectivity index (χ4v) is 2.53. The maximum absolute atomic E-state index is 12.6. The average molecular weight is 387 g/mol. The van der Waals surface area contributed by atoms with Crippen molar-refractivity contribution < 1.29 is 9.53 Å². The lowest BCUT2D eigenvalue weighted by Gasteiger charge is -2.10. The molecule has 0 aromatic heterocycles. The Labute approximate surface area is 130 Å². The molecule has 2 rings (SSSR count). The monoisotopic (exact) mass is 386 g/mol. The molecule has 0 spiro atoms. The summed E-state index contributed by atoms with van der Waals surface area (Å²) in [5.74, 6) is 0.437. The highest BCUT2D eigenvalue weighted by Crippen LogP contribution is 2.28. The highest BCUT2D eigenvalue weighted by molar-refractivity contribution is 14.1. The fourth-order valence-electron chi connectivity index (χ4n) is 1.83. The molecule has 0 aliphatic rings. The third-order valence-electron chi connectivity index (χ3n) is 2.84. The Morgan fingerprint density at radius 3 is 2.63 bits per heavy atom. The van der Waals surface area contributed by atoms with Gasteiger partial charge in [-0.15, -0.1) is 0 Å². The third kappa shape index (κ3) is 2.92. The molecule has 2 aromatic carbocycles. The van der Waals surface area contributed by atoms with E-state index in [2.05, 4.69) is 22.6 Å². The summed E-state index contributed by atoms with van der Waals surface area (Å²) in [6.45, 7) is 1.88. The van der Waals surface area contributed by atoms with Crippen LogP contribution in [0.3, 0.4) is 0 Å². The first-order valence-corrected chi connectivity index (χ1v) is 7.13. The third-order valence-corrected chi connectivity index (χ3v) is 4.02. The summed E-state index contributed by atoms with van der Waals surface area (Å²) in [6, 6.07) is 10.9. The summed E-state index contributed by atoms with van der Waals surface area (Å²) in [7, 11) is 1.55. The quantitative estimate of drug-likeness (QED) is 0.574. The van der Waals surface area contributed by atoms with Crippen LogP contribution >= 0.6 is 34.2 Å². The zero-order chi connectivity index (χ0) is 14.0. The number of ether oxygens (including phenoxy) is 1. The minimum Gasteiger partial charge on any atom is -0.496 e. The summed E-state index contributed by atoms with van der Waals surface area (Å²) in [5.41, 5.74) is 1.92. The molecule has 0 unspecified atom stereocenters. The Bertz CT molecular complexity index is 638. The summed E-state index contributed by atoms with van der Waals surface area (Å²) in [4.78, 5) is 12.6. The van der Waals surface area contributed by atoms with Gasteiger partial charge in [0.05, 0.1) is 17.7 Å². The number of benzene rings is 2. The van der Waals surface area contributed by atoms with E-state index >= 15 is 0 Å². The van der Waals surface area contributed by atoms with E-state index in [9.17, 15) is 4.79 Å². The van der Waals surface area contributed by atoms with Gasteiger partial charge in [-0.25, -0.2) is 0 Å². The van der Waals surface area contributed by atoms with Crippen LogP contribution in [0.1, 0.15) is 21.5 Å². The second-order valence-electron chi connectivity index (χ2n) is 4.11. The molecule has 0 radical (unpaired) electrons. The van der Waals surface area contributed by atoms with Gasteiger partial charge in [-0.2, -0.15) is 0 Å². The molecule has 2 nitrogen and oxygen atoms in total. The van der Waals surface area contributed by atoms with Crippen LogP contribution in [0.4, 0.5) is 0 Å². The first-order valence-electron chi connectivity index (χ1n) is 5.68. The average Bonchev–Trinajstić information content (AvgIpc) is 2.41. The Hall–Kier alpha value is -1.07. The van der Waals surface area contributed by atoms with E-state index in [0.717, 1.165) is 9.13 Å². The number of ketones is 1. The van der Waals surface area contributed by atoms with Gasteiger partial charge in [0.2, 0.25) is 0 Å². The topological polar surface area (TPSA) is 26.3 Å². The molecular weight excluding hydrogens is 375 g/mol. The number of hydrogen-bond donors (Lipinski definition) is 0. The van der Waals surface area contributed by atoms with E-state index in [-0.39, 0.29) is 5.78 Å². The molecule has 0 aliphatic carbocycles. The molecular formula is C15H12ClIO2. The lowest BCUT2D eigenvalue weighted by Crippen LogP contribution is -2.05. The van der Waals surface area contributed by atoms with Gasteiger partial charge in [-0.3, -0.25) is 4.79 Å². The minimum atomic E-state index is -0.121. The molecule has 0 atom stereocenters. The van der Waals surface area contributed by atoms with Crippen LogP contribution in [0.15, 0.2) is 36.4 Å². The van der Waals surface area contributed by atoms with E-state index < -0.39 is 0 Å². The first kappa shape index (κ1) is 14.3. The Kier molecular flexibility index (Phi) is 4.47. The number of halogens is 2. The van der Waals surface area contributed by atoms with Gasteiger partial charge in [-0.1, -0.05) is 23.7 Å². The molecule has 0 aliphatic heterocycles. The number of rotatable bonds is 3. The Morgan fingerprint density at radius 1 is 1.21 bits per heavy atom. The molecule has 0 N–H and O–H groups in total. The van der Waals surface area contributed by atoms with Gasteiger partial charge in [-0.05, 0) is 59.3 Å². The predicted octanol–water partition coefficient (Wildman–Crippen LogP) is 4.49. The highest BCUT2D eigenvalue weighted by atomic mass is 127. The van der Waals surface area contributed by atoms with Crippen LogP contribution in [0, 0.1) is 10.5 Å². The number of hydrogen-bond acceptors (Lipinski definition) is 2. The Balaban J connectivity index is 2.56. The van der Waals surface area contributed by atoms with Crippen molar-refractivity contribution >= 4 is 40.0 Å². The molecule has 0 saturated heterocycles. The number of carbonyl (C=O) groups excluding carboxylic acids is 1. The second kappa shape index (κ2) is 5.92. The predicted molar refractivity (Wildman–Crippen MR) is 85.3 cm³/mol. The normalized spacial score (nSPS) is 10.3. The second-order valence-corrected chi connectivity index (χ2v) is 5.73. The zero-order valence-corrected chi connectivity index (χ0v) is 13.4. The molecule has 0 bridgehead atoms. The van der Waals surface area contributed by atoms with Gasteiger partial charge < -0.3 is 4.74 Å². The first-order chi connectivity index (χ1) is 9.04. The largest absolute Gasteiger partial charge is 0.496 e. The van der Waals surface area contributed by atoms with Crippen LogP contribution in [-0.4, -0.2) is 12.9 Å². The Morgan fingerprint density at radius 2 is 1.95 bits per heavy atom. The fraction of sp³-hybridized carbons (Fsp3) is 0.133. The summed E-state index contributed by atoms with van der Waals surface area (Å²) >= 11 is 8.38. The maximum Gasteiger partial charge on any atom is 0.198 e. The van der Waals surface area contributed by atoms with Crippen molar-refractivity contribution in [3.8, 4) is 5.75 Å². The van der Waals surface area contributed by atoms with Crippen LogP contribution in [-0.2, 0) is 0 Å². The molecule has 0 amide bonds. The van der Waals surface area contributed by atoms with E-state index in [1.54, 1.807) is 25.3 Å². The standard InChI is InChI=1S/C15H12ClIO2/c1-9-4-3-5-11(14(9)16)15(18)12-8-10(17)6-7-13(12)19-2/h3-8H,1-2H3. The molecule has 0 heterocycles. The van der Waals surface area contributed by atoms with Crippen molar-refractivity contribution in [2.45, 2.75) is 6.92 Å². The molecule has 4 heteroatoms. The van der Waals surface area contributed by atoms with Crippen molar-refractivity contribution in [2.75, 3.05) is 7.11 Å². The van der Waals surface area contributed by atoms with Crippen molar-refractivity contribution in [2.24, 2.45) is 0 Å². The van der Waals surface area contributed by atoms with Crippen LogP contribution in [0.2, 0.25) is 5.02 Å². The lowest BCUT2D eigenvalue weighted by atomic mass is 10.0. The minimum absolute atomic E-state index is 0.121. The van der Waals surface area contributed by atoms with Crippen molar-refractivity contribution in [3.63, 3.8) is 0 Å². The van der Waals surface area contributed by atoms with Gasteiger partial charge in [0, 0.05) is 9.13 Å². The van der Waals surface area contributed by atoms with Gasteiger partial charge in [0.25, 0.3) is 0 Å². The number of carbonyl (C=O) groups is 1.